The zero-order valence-corrected chi connectivity index (χ0v) is 19.7. The molecule has 1 amide bonds. The van der Waals surface area contributed by atoms with Gasteiger partial charge in [-0.3, -0.25) is 14.7 Å². The Labute approximate surface area is 191 Å². The molecule has 2 heterocycles. The maximum Gasteiger partial charge on any atom is 0.223 e. The summed E-state index contributed by atoms with van der Waals surface area (Å²) in [4.78, 5) is 19.3. The molecular weight excluding hydrogens is 406 g/mol. The average Bonchev–Trinajstić information content (AvgIpc) is 2.81. The van der Waals surface area contributed by atoms with Crippen molar-refractivity contribution in [2.45, 2.75) is 64.5 Å². The molecule has 0 aromatic carbocycles. The molecule has 1 unspecified atom stereocenters. The largest absolute Gasteiger partial charge is 0.492 e. The predicted molar refractivity (Wildman–Crippen MR) is 125 cm³/mol. The highest BCUT2D eigenvalue weighted by Crippen LogP contribution is 2.30. The van der Waals surface area contributed by atoms with Crippen LogP contribution in [0.15, 0.2) is 24.4 Å². The van der Waals surface area contributed by atoms with Gasteiger partial charge in [0.1, 0.15) is 5.75 Å². The molecule has 0 saturated carbocycles. The molecule has 1 fully saturated rings. The van der Waals surface area contributed by atoms with Crippen LogP contribution in [-0.2, 0) is 4.79 Å². The number of aliphatic hydroxyl groups excluding tert-OH is 2. The summed E-state index contributed by atoms with van der Waals surface area (Å²) >= 11 is 0. The van der Waals surface area contributed by atoms with E-state index in [0.29, 0.717) is 12.3 Å². The molecule has 1 aromatic heterocycles. The molecule has 7 heteroatoms. The predicted octanol–water partition coefficient (Wildman–Crippen LogP) is 2.62. The van der Waals surface area contributed by atoms with E-state index in [0.717, 1.165) is 49.6 Å². The summed E-state index contributed by atoms with van der Waals surface area (Å²) in [7, 11) is 0. The number of carbonyl (C=O) groups is 1. The lowest BCUT2D eigenvalue weighted by Gasteiger charge is -2.40. The summed E-state index contributed by atoms with van der Waals surface area (Å²) in [6.45, 7) is 9.56. The zero-order valence-electron chi connectivity index (χ0n) is 19.7. The van der Waals surface area contributed by atoms with Gasteiger partial charge in [0.25, 0.3) is 0 Å². The molecule has 7 nitrogen and oxygen atoms in total. The molecule has 2 atom stereocenters. The van der Waals surface area contributed by atoms with Crippen molar-refractivity contribution >= 4 is 11.5 Å². The number of hydrogen-bond donors (Lipinski definition) is 3. The second-order valence-corrected chi connectivity index (χ2v) is 10.1. The highest BCUT2D eigenvalue weighted by Gasteiger charge is 2.27. The number of pyridine rings is 1. The first-order valence-electron chi connectivity index (χ1n) is 11.9. The van der Waals surface area contributed by atoms with E-state index in [9.17, 15) is 9.90 Å². The summed E-state index contributed by atoms with van der Waals surface area (Å²) in [6, 6.07) is 3.99. The fourth-order valence-electron chi connectivity index (χ4n) is 4.37. The van der Waals surface area contributed by atoms with Gasteiger partial charge < -0.3 is 20.3 Å². The molecule has 1 aliphatic heterocycles. The van der Waals surface area contributed by atoms with Gasteiger partial charge in [0.15, 0.2) is 0 Å². The molecule has 1 aromatic rings. The van der Waals surface area contributed by atoms with E-state index in [-0.39, 0.29) is 30.5 Å². The molecule has 0 radical (unpaired) electrons. The first-order chi connectivity index (χ1) is 15.3. The van der Waals surface area contributed by atoms with Crippen LogP contribution < -0.4 is 10.1 Å². The van der Waals surface area contributed by atoms with Crippen molar-refractivity contribution < 1.29 is 19.7 Å². The fraction of sp³-hybridized carbons (Fsp3) is 0.680. The van der Waals surface area contributed by atoms with Crippen LogP contribution in [0.4, 0.5) is 0 Å². The summed E-state index contributed by atoms with van der Waals surface area (Å²) in [6.07, 6.45) is 7.52. The third kappa shape index (κ3) is 7.02. The average molecular weight is 446 g/mol. The van der Waals surface area contributed by atoms with Crippen LogP contribution in [0.1, 0.15) is 58.6 Å². The van der Waals surface area contributed by atoms with E-state index >= 15 is 0 Å². The molecule has 178 valence electrons. The van der Waals surface area contributed by atoms with Crippen LogP contribution in [0.3, 0.4) is 0 Å². The van der Waals surface area contributed by atoms with E-state index in [4.69, 9.17) is 9.84 Å². The number of nitrogens with one attached hydrogen (secondary N) is 1. The molecule has 2 aliphatic rings. The van der Waals surface area contributed by atoms with Crippen LogP contribution in [0.2, 0.25) is 0 Å². The smallest absolute Gasteiger partial charge is 0.223 e. The molecule has 32 heavy (non-hydrogen) atoms. The van der Waals surface area contributed by atoms with Gasteiger partial charge in [0, 0.05) is 18.0 Å². The number of rotatable bonds is 8. The van der Waals surface area contributed by atoms with Gasteiger partial charge in [-0.1, -0.05) is 6.08 Å². The third-order valence-corrected chi connectivity index (χ3v) is 6.62. The maximum atomic E-state index is 12.2. The second kappa shape index (κ2) is 11.3. The first-order valence-corrected chi connectivity index (χ1v) is 11.9. The molecule has 1 saturated heterocycles. The number of likely N-dealkylation sites (tertiary alicyclic amines) is 1. The van der Waals surface area contributed by atoms with Crippen LogP contribution in [0.5, 0.6) is 5.75 Å². The number of amides is 1. The van der Waals surface area contributed by atoms with Crippen molar-refractivity contribution in [3.8, 4) is 5.75 Å². The summed E-state index contributed by atoms with van der Waals surface area (Å²) < 4.78 is 6.02. The van der Waals surface area contributed by atoms with E-state index in [1.54, 1.807) is 6.20 Å². The Morgan fingerprint density at radius 2 is 2.03 bits per heavy atom. The Hall–Kier alpha value is -1.96. The quantitative estimate of drug-likeness (QED) is 0.569. The van der Waals surface area contributed by atoms with Gasteiger partial charge in [-0.2, -0.15) is 0 Å². The van der Waals surface area contributed by atoms with Crippen molar-refractivity contribution in [1.29, 1.82) is 0 Å². The number of aliphatic hydroxyl groups is 2. The summed E-state index contributed by atoms with van der Waals surface area (Å²) in [5, 5.41) is 20.9. The Bertz CT molecular complexity index is 764. The van der Waals surface area contributed by atoms with Crippen molar-refractivity contribution in [2.24, 2.45) is 11.8 Å². The number of piperidine rings is 1. The topological polar surface area (TPSA) is 94.9 Å². The Morgan fingerprint density at radius 1 is 1.28 bits per heavy atom. The van der Waals surface area contributed by atoms with Gasteiger partial charge in [-0.05, 0) is 89.6 Å². The molecule has 0 spiro atoms. The number of allylic oxidation sites excluding steroid dienone is 2. The number of nitrogens with zero attached hydrogens (tertiary/aromatic N) is 2. The van der Waals surface area contributed by atoms with Crippen molar-refractivity contribution in [3.05, 3.63) is 30.1 Å². The minimum absolute atomic E-state index is 0.0714. The highest BCUT2D eigenvalue weighted by atomic mass is 16.5. The summed E-state index contributed by atoms with van der Waals surface area (Å²) in [5.41, 5.74) is 2.34. The van der Waals surface area contributed by atoms with E-state index in [1.807, 2.05) is 12.1 Å². The van der Waals surface area contributed by atoms with Crippen molar-refractivity contribution in [3.63, 3.8) is 0 Å². The van der Waals surface area contributed by atoms with Crippen molar-refractivity contribution in [2.75, 3.05) is 32.8 Å². The van der Waals surface area contributed by atoms with Gasteiger partial charge >= 0.3 is 0 Å². The molecule has 0 bridgehead atoms. The molecule has 3 N–H and O–H groups in total. The van der Waals surface area contributed by atoms with Gasteiger partial charge in [-0.15, -0.1) is 0 Å². The Kier molecular flexibility index (Phi) is 8.68. The van der Waals surface area contributed by atoms with Gasteiger partial charge in [-0.25, -0.2) is 0 Å². The second-order valence-electron chi connectivity index (χ2n) is 10.1. The van der Waals surface area contributed by atoms with E-state index in [2.05, 4.69) is 42.0 Å². The fourth-order valence-corrected chi connectivity index (χ4v) is 4.37. The lowest BCUT2D eigenvalue weighted by atomic mass is 9.87. The zero-order chi connectivity index (χ0) is 23.1. The SMILES string of the molecule is CC(C)(C)N1CCC(COc2ccc(C3=CCC(C(=O)NC[C@@H](O)CO)CC3)nc2)CC1. The molecular formula is C25H39N3O4. The van der Waals surface area contributed by atoms with Gasteiger partial charge in [0.2, 0.25) is 5.91 Å². The van der Waals surface area contributed by atoms with Crippen LogP contribution in [0.25, 0.3) is 5.57 Å². The summed E-state index contributed by atoms with van der Waals surface area (Å²) in [5.74, 6) is 1.23. The van der Waals surface area contributed by atoms with E-state index < -0.39 is 6.10 Å². The lowest BCUT2D eigenvalue weighted by molar-refractivity contribution is -0.125. The monoisotopic (exact) mass is 445 g/mol. The van der Waals surface area contributed by atoms with Crippen LogP contribution >= 0.6 is 0 Å². The Balaban J connectivity index is 1.43. The number of ether oxygens (including phenoxy) is 1. The van der Waals surface area contributed by atoms with Crippen LogP contribution in [-0.4, -0.2) is 70.5 Å². The van der Waals surface area contributed by atoms with E-state index in [1.165, 1.54) is 12.8 Å². The minimum atomic E-state index is -0.908. The standard InChI is InChI=1S/C25H39N3O4/c1-25(2,3)28-12-10-18(11-13-28)17-32-22-8-9-23(26-15-22)19-4-6-20(7-5-19)24(31)27-14-21(30)16-29/h4,8-9,15,18,20-21,29-30H,5-7,10-14,16-17H2,1-3H3,(H,27,31)/t20?,21-/m1/s1. The maximum absolute atomic E-state index is 12.2. The third-order valence-electron chi connectivity index (χ3n) is 6.62. The lowest BCUT2D eigenvalue weighted by Crippen LogP contribution is -2.46. The molecule has 1 aliphatic carbocycles. The van der Waals surface area contributed by atoms with Crippen LogP contribution in [0, 0.1) is 11.8 Å². The minimum Gasteiger partial charge on any atom is -0.492 e. The van der Waals surface area contributed by atoms with Crippen molar-refractivity contribution in [1.82, 2.24) is 15.2 Å². The van der Waals surface area contributed by atoms with Gasteiger partial charge in [0.05, 0.1) is 31.2 Å². The first kappa shape index (κ1) is 24.7. The Morgan fingerprint density at radius 3 is 2.59 bits per heavy atom. The number of carbonyl (C=O) groups excluding carboxylic acids is 1. The normalized spacial score (nSPS) is 21.7. The highest BCUT2D eigenvalue weighted by molar-refractivity contribution is 5.80. The molecule has 3 rings (SSSR count). The number of aromatic nitrogens is 1. The number of hydrogen-bond acceptors (Lipinski definition) is 6.